The molecule has 0 aromatic heterocycles. The van der Waals surface area contributed by atoms with Gasteiger partial charge in [-0.15, -0.1) is 0 Å². The number of nitrogens with zero attached hydrogens (tertiary/aromatic N) is 1. The van der Waals surface area contributed by atoms with E-state index >= 15 is 0 Å². The Balaban J connectivity index is 2.11. The van der Waals surface area contributed by atoms with Gasteiger partial charge >= 0.3 is 0 Å². The number of aliphatic hydroxyl groups is 1. The third-order valence-corrected chi connectivity index (χ3v) is 2.43. The lowest BCUT2D eigenvalue weighted by molar-refractivity contribution is 0.104. The molecule has 0 spiro atoms. The van der Waals surface area contributed by atoms with Crippen molar-refractivity contribution < 1.29 is 9.84 Å². The van der Waals surface area contributed by atoms with Crippen LogP contribution in [0.1, 0.15) is 19.8 Å². The van der Waals surface area contributed by atoms with Crippen LogP contribution < -0.4 is 0 Å². The average Bonchev–Trinajstić information content (AvgIpc) is 2.48. The second-order valence-electron chi connectivity index (χ2n) is 3.58. The van der Waals surface area contributed by atoms with Gasteiger partial charge in [0.2, 0.25) is 0 Å². The van der Waals surface area contributed by atoms with Crippen LogP contribution in [0.25, 0.3) is 0 Å². The highest BCUT2D eigenvalue weighted by atomic mass is 16.5. The molecule has 1 saturated heterocycles. The van der Waals surface area contributed by atoms with Crippen LogP contribution in [-0.2, 0) is 4.74 Å². The van der Waals surface area contributed by atoms with Crippen LogP contribution in [0.2, 0.25) is 0 Å². The Kier molecular flexibility index (Phi) is 3.98. The van der Waals surface area contributed by atoms with Crippen LogP contribution in [-0.4, -0.2) is 49.0 Å². The van der Waals surface area contributed by atoms with Gasteiger partial charge in [-0.05, 0) is 19.8 Å². The summed E-state index contributed by atoms with van der Waals surface area (Å²) < 4.78 is 5.24. The molecule has 1 aliphatic rings. The van der Waals surface area contributed by atoms with Gasteiger partial charge in [0.1, 0.15) is 0 Å². The fraction of sp³-hybridized carbons (Fsp3) is 1.00. The van der Waals surface area contributed by atoms with Crippen molar-refractivity contribution in [2.45, 2.75) is 32.0 Å². The van der Waals surface area contributed by atoms with E-state index in [1.54, 1.807) is 7.11 Å². The molecular weight excluding hydrogens is 154 g/mol. The second-order valence-corrected chi connectivity index (χ2v) is 3.58. The van der Waals surface area contributed by atoms with Gasteiger partial charge in [0.15, 0.2) is 0 Å². The Bertz CT molecular complexity index is 128. The molecule has 1 rings (SSSR count). The fourth-order valence-electron chi connectivity index (χ4n) is 1.56. The molecule has 1 aliphatic heterocycles. The highest BCUT2D eigenvalue weighted by Crippen LogP contribution is 2.12. The minimum atomic E-state index is -0.174. The van der Waals surface area contributed by atoms with Crippen LogP contribution in [0.4, 0.5) is 0 Å². The zero-order chi connectivity index (χ0) is 8.97. The van der Waals surface area contributed by atoms with Gasteiger partial charge in [-0.3, -0.25) is 0 Å². The molecule has 3 heteroatoms. The molecule has 12 heavy (non-hydrogen) atoms. The van der Waals surface area contributed by atoms with Crippen molar-refractivity contribution in [1.29, 1.82) is 0 Å². The van der Waals surface area contributed by atoms with E-state index in [4.69, 9.17) is 9.84 Å². The lowest BCUT2D eigenvalue weighted by Gasteiger charge is -2.16. The molecule has 72 valence electrons. The zero-order valence-electron chi connectivity index (χ0n) is 7.99. The highest BCUT2D eigenvalue weighted by molar-refractivity contribution is 4.75. The van der Waals surface area contributed by atoms with E-state index < -0.39 is 0 Å². The first kappa shape index (κ1) is 9.96. The van der Waals surface area contributed by atoms with Crippen molar-refractivity contribution in [3.8, 4) is 0 Å². The molecule has 0 saturated carbocycles. The molecule has 3 nitrogen and oxygen atoms in total. The average molecular weight is 173 g/mol. The Morgan fingerprint density at radius 2 is 2.42 bits per heavy atom. The predicted octanol–water partition coefficient (Wildman–Crippen LogP) is 0.478. The first-order chi connectivity index (χ1) is 5.72. The molecule has 0 aliphatic carbocycles. The molecule has 2 unspecified atom stereocenters. The largest absolute Gasteiger partial charge is 0.393 e. The van der Waals surface area contributed by atoms with Crippen LogP contribution in [0, 0.1) is 0 Å². The van der Waals surface area contributed by atoms with Gasteiger partial charge < -0.3 is 14.7 Å². The summed E-state index contributed by atoms with van der Waals surface area (Å²) in [6.07, 6.45) is 2.25. The van der Waals surface area contributed by atoms with E-state index in [0.29, 0.717) is 6.10 Å². The third-order valence-electron chi connectivity index (χ3n) is 2.43. The van der Waals surface area contributed by atoms with Crippen molar-refractivity contribution in [2.24, 2.45) is 0 Å². The zero-order valence-corrected chi connectivity index (χ0v) is 7.99. The van der Waals surface area contributed by atoms with Crippen molar-refractivity contribution in [3.63, 3.8) is 0 Å². The standard InChI is InChI=1S/C9H19NO2/c1-8(11)3-5-10-6-4-9(7-10)12-2/h8-9,11H,3-7H2,1-2H3. The molecule has 1 fully saturated rings. The number of aliphatic hydroxyl groups excluding tert-OH is 1. The van der Waals surface area contributed by atoms with E-state index in [1.165, 1.54) is 0 Å². The predicted molar refractivity (Wildman–Crippen MR) is 48.2 cm³/mol. The summed E-state index contributed by atoms with van der Waals surface area (Å²) in [4.78, 5) is 2.35. The summed E-state index contributed by atoms with van der Waals surface area (Å²) >= 11 is 0. The maximum atomic E-state index is 9.08. The summed E-state index contributed by atoms with van der Waals surface area (Å²) in [6, 6.07) is 0. The number of hydrogen-bond acceptors (Lipinski definition) is 3. The van der Waals surface area contributed by atoms with E-state index in [1.807, 2.05) is 6.92 Å². The molecule has 0 aromatic carbocycles. The summed E-state index contributed by atoms with van der Waals surface area (Å²) in [7, 11) is 1.77. The van der Waals surface area contributed by atoms with Gasteiger partial charge in [0, 0.05) is 26.7 Å². The maximum absolute atomic E-state index is 9.08. The lowest BCUT2D eigenvalue weighted by atomic mass is 10.3. The molecule has 0 amide bonds. The first-order valence-electron chi connectivity index (χ1n) is 4.65. The molecule has 1 N–H and O–H groups in total. The van der Waals surface area contributed by atoms with E-state index in [0.717, 1.165) is 32.5 Å². The molecule has 0 radical (unpaired) electrons. The van der Waals surface area contributed by atoms with E-state index in [-0.39, 0.29) is 6.10 Å². The van der Waals surface area contributed by atoms with Gasteiger partial charge in [-0.1, -0.05) is 0 Å². The Labute approximate surface area is 74.3 Å². The number of methoxy groups -OCH3 is 1. The topological polar surface area (TPSA) is 32.7 Å². The van der Waals surface area contributed by atoms with E-state index in [2.05, 4.69) is 4.90 Å². The van der Waals surface area contributed by atoms with Crippen LogP contribution in [0.5, 0.6) is 0 Å². The van der Waals surface area contributed by atoms with Crippen molar-refractivity contribution >= 4 is 0 Å². The van der Waals surface area contributed by atoms with Crippen LogP contribution in [0.15, 0.2) is 0 Å². The monoisotopic (exact) mass is 173 g/mol. The molecular formula is C9H19NO2. The molecule has 0 aromatic rings. The maximum Gasteiger partial charge on any atom is 0.0710 e. The van der Waals surface area contributed by atoms with Gasteiger partial charge in [-0.25, -0.2) is 0 Å². The fourth-order valence-corrected chi connectivity index (χ4v) is 1.56. The summed E-state index contributed by atoms with van der Waals surface area (Å²) in [5.74, 6) is 0. The minimum absolute atomic E-state index is 0.174. The SMILES string of the molecule is COC1CCN(CCC(C)O)C1. The number of likely N-dealkylation sites (tertiary alicyclic amines) is 1. The Morgan fingerprint density at radius 3 is 2.92 bits per heavy atom. The normalized spacial score (nSPS) is 27.8. The Morgan fingerprint density at radius 1 is 1.67 bits per heavy atom. The molecule has 1 heterocycles. The first-order valence-corrected chi connectivity index (χ1v) is 4.65. The number of rotatable bonds is 4. The summed E-state index contributed by atoms with van der Waals surface area (Å²) in [5, 5.41) is 9.08. The van der Waals surface area contributed by atoms with Crippen LogP contribution >= 0.6 is 0 Å². The number of ether oxygens (including phenoxy) is 1. The van der Waals surface area contributed by atoms with Gasteiger partial charge in [0.05, 0.1) is 12.2 Å². The van der Waals surface area contributed by atoms with Crippen LogP contribution in [0.3, 0.4) is 0 Å². The lowest BCUT2D eigenvalue weighted by Crippen LogP contribution is -2.25. The van der Waals surface area contributed by atoms with Crippen molar-refractivity contribution in [1.82, 2.24) is 4.90 Å². The summed E-state index contributed by atoms with van der Waals surface area (Å²) in [6.45, 7) is 4.98. The minimum Gasteiger partial charge on any atom is -0.393 e. The third kappa shape index (κ3) is 3.09. The number of hydrogen-bond donors (Lipinski definition) is 1. The summed E-state index contributed by atoms with van der Waals surface area (Å²) in [5.41, 5.74) is 0. The smallest absolute Gasteiger partial charge is 0.0710 e. The van der Waals surface area contributed by atoms with Gasteiger partial charge in [-0.2, -0.15) is 0 Å². The molecule has 2 atom stereocenters. The second kappa shape index (κ2) is 4.80. The van der Waals surface area contributed by atoms with Gasteiger partial charge in [0.25, 0.3) is 0 Å². The Hall–Kier alpha value is -0.120. The molecule has 0 bridgehead atoms. The van der Waals surface area contributed by atoms with E-state index in [9.17, 15) is 0 Å². The van der Waals surface area contributed by atoms with Crippen molar-refractivity contribution in [2.75, 3.05) is 26.7 Å². The highest BCUT2D eigenvalue weighted by Gasteiger charge is 2.21. The van der Waals surface area contributed by atoms with Crippen molar-refractivity contribution in [3.05, 3.63) is 0 Å². The quantitative estimate of drug-likeness (QED) is 0.671.